The summed E-state index contributed by atoms with van der Waals surface area (Å²) < 4.78 is 11.1. The van der Waals surface area contributed by atoms with Crippen LogP contribution in [0.1, 0.15) is 0 Å². The number of hydrogen-bond donors (Lipinski definition) is 3. The van der Waals surface area contributed by atoms with Crippen LogP contribution in [-0.2, 0) is 9.47 Å². The van der Waals surface area contributed by atoms with Crippen LogP contribution in [0.5, 0.6) is 0 Å². The molecule has 4 heterocycles. The number of hydrogen-bond acceptors (Lipinski definition) is 9. The highest BCUT2D eigenvalue weighted by Crippen LogP contribution is 2.31. The van der Waals surface area contributed by atoms with Gasteiger partial charge in [0, 0.05) is 54.8 Å². The van der Waals surface area contributed by atoms with Gasteiger partial charge in [-0.2, -0.15) is 10.1 Å². The Bertz CT molecular complexity index is 1260. The Labute approximate surface area is 203 Å². The number of para-hydroxylation sites is 1. The number of aromatic nitrogens is 4. The predicted molar refractivity (Wildman–Crippen MR) is 137 cm³/mol. The summed E-state index contributed by atoms with van der Waals surface area (Å²) in [6.07, 6.45) is 3.56. The third-order valence-electron chi connectivity index (χ3n) is 6.31. The van der Waals surface area contributed by atoms with Crippen molar-refractivity contribution < 1.29 is 9.47 Å². The molecule has 0 radical (unpaired) electrons. The molecule has 3 N–H and O–H groups in total. The molecule has 0 aliphatic carbocycles. The molecule has 0 amide bonds. The number of morpholine rings is 2. The molecular weight excluding hydrogens is 444 g/mol. The van der Waals surface area contributed by atoms with E-state index in [9.17, 15) is 0 Å². The van der Waals surface area contributed by atoms with Crippen LogP contribution in [-0.4, -0.2) is 72.8 Å². The minimum atomic E-state index is 0.527. The van der Waals surface area contributed by atoms with E-state index in [1.807, 2.05) is 24.3 Å². The first-order chi connectivity index (χ1) is 17.3. The average molecular weight is 473 g/mol. The van der Waals surface area contributed by atoms with Crippen LogP contribution in [0.4, 0.5) is 34.5 Å². The van der Waals surface area contributed by atoms with Crippen molar-refractivity contribution >= 4 is 45.4 Å². The van der Waals surface area contributed by atoms with Gasteiger partial charge in [-0.3, -0.25) is 5.10 Å². The summed E-state index contributed by atoms with van der Waals surface area (Å²) in [5, 5.41) is 15.0. The Morgan fingerprint density at radius 1 is 0.829 bits per heavy atom. The monoisotopic (exact) mass is 472 g/mol. The van der Waals surface area contributed by atoms with E-state index < -0.39 is 0 Å². The van der Waals surface area contributed by atoms with Crippen molar-refractivity contribution in [3.05, 3.63) is 54.9 Å². The van der Waals surface area contributed by atoms with Crippen molar-refractivity contribution in [1.29, 1.82) is 0 Å². The maximum Gasteiger partial charge on any atom is 0.229 e. The van der Waals surface area contributed by atoms with Gasteiger partial charge in [0.05, 0.1) is 43.8 Å². The molecule has 0 bridgehead atoms. The molecular formula is C25H28N8O2. The zero-order chi connectivity index (χ0) is 23.5. The van der Waals surface area contributed by atoms with Crippen molar-refractivity contribution in [2.45, 2.75) is 0 Å². The van der Waals surface area contributed by atoms with Crippen LogP contribution in [0.15, 0.2) is 54.9 Å². The van der Waals surface area contributed by atoms with Gasteiger partial charge in [0.1, 0.15) is 5.82 Å². The lowest BCUT2D eigenvalue weighted by molar-refractivity contribution is 0.122. The van der Waals surface area contributed by atoms with Crippen molar-refractivity contribution in [3.8, 4) is 0 Å². The van der Waals surface area contributed by atoms with Crippen LogP contribution < -0.4 is 20.4 Å². The summed E-state index contributed by atoms with van der Waals surface area (Å²) in [5.41, 5.74) is 5.13. The largest absolute Gasteiger partial charge is 0.378 e. The summed E-state index contributed by atoms with van der Waals surface area (Å²) in [6.45, 7) is 6.47. The SMILES string of the molecule is c1cc(Nc2ccnc(Nc3cc(N4CCOCC4)cc(N4CCOCC4)c3)n2)c2[nH]ncc2c1. The summed E-state index contributed by atoms with van der Waals surface area (Å²) in [6, 6.07) is 14.4. The lowest BCUT2D eigenvalue weighted by Gasteiger charge is -2.33. The summed E-state index contributed by atoms with van der Waals surface area (Å²) in [7, 11) is 0. The van der Waals surface area contributed by atoms with Gasteiger partial charge in [-0.25, -0.2) is 4.98 Å². The fourth-order valence-corrected chi connectivity index (χ4v) is 4.50. The third kappa shape index (κ3) is 4.84. The Morgan fingerprint density at radius 2 is 1.54 bits per heavy atom. The molecule has 0 atom stereocenters. The lowest BCUT2D eigenvalue weighted by Crippen LogP contribution is -2.38. The minimum absolute atomic E-state index is 0.527. The fraction of sp³-hybridized carbons (Fsp3) is 0.320. The molecule has 2 saturated heterocycles. The normalized spacial score (nSPS) is 16.5. The van der Waals surface area contributed by atoms with Crippen molar-refractivity contribution in [2.24, 2.45) is 0 Å². The van der Waals surface area contributed by atoms with Gasteiger partial charge in [0.25, 0.3) is 0 Å². The van der Waals surface area contributed by atoms with Gasteiger partial charge >= 0.3 is 0 Å². The topological polar surface area (TPSA) is 103 Å². The van der Waals surface area contributed by atoms with E-state index in [0.717, 1.165) is 74.9 Å². The van der Waals surface area contributed by atoms with Gasteiger partial charge in [-0.15, -0.1) is 0 Å². The highest BCUT2D eigenvalue weighted by molar-refractivity contribution is 5.91. The van der Waals surface area contributed by atoms with Crippen LogP contribution in [0, 0.1) is 0 Å². The van der Waals surface area contributed by atoms with E-state index in [1.165, 1.54) is 11.4 Å². The Morgan fingerprint density at radius 3 is 2.26 bits per heavy atom. The Balaban J connectivity index is 1.27. The van der Waals surface area contributed by atoms with Crippen molar-refractivity contribution in [3.63, 3.8) is 0 Å². The molecule has 2 aliphatic heterocycles. The zero-order valence-electron chi connectivity index (χ0n) is 19.4. The highest BCUT2D eigenvalue weighted by atomic mass is 16.5. The minimum Gasteiger partial charge on any atom is -0.378 e. The second-order valence-corrected chi connectivity index (χ2v) is 8.59. The van der Waals surface area contributed by atoms with E-state index in [1.54, 1.807) is 12.4 Å². The van der Waals surface area contributed by atoms with Gasteiger partial charge in [-0.1, -0.05) is 12.1 Å². The van der Waals surface area contributed by atoms with Crippen LogP contribution in [0.3, 0.4) is 0 Å². The van der Waals surface area contributed by atoms with Gasteiger partial charge in [0.15, 0.2) is 0 Å². The van der Waals surface area contributed by atoms with Gasteiger partial charge in [-0.05, 0) is 30.3 Å². The molecule has 2 fully saturated rings. The third-order valence-corrected chi connectivity index (χ3v) is 6.31. The first-order valence-electron chi connectivity index (χ1n) is 11.9. The Kier molecular flexibility index (Phi) is 6.04. The second kappa shape index (κ2) is 9.77. The zero-order valence-corrected chi connectivity index (χ0v) is 19.4. The molecule has 2 aromatic carbocycles. The smallest absolute Gasteiger partial charge is 0.229 e. The lowest BCUT2D eigenvalue weighted by atomic mass is 10.2. The maximum absolute atomic E-state index is 5.56. The average Bonchev–Trinajstić information content (AvgIpc) is 3.40. The molecule has 4 aromatic rings. The molecule has 35 heavy (non-hydrogen) atoms. The molecule has 180 valence electrons. The number of rotatable bonds is 6. The van der Waals surface area contributed by atoms with Crippen molar-refractivity contribution in [2.75, 3.05) is 73.0 Å². The number of nitrogens with zero attached hydrogens (tertiary/aromatic N) is 5. The number of ether oxygens (including phenoxy) is 2. The van der Waals surface area contributed by atoms with Crippen LogP contribution in [0.25, 0.3) is 10.9 Å². The van der Waals surface area contributed by atoms with E-state index in [0.29, 0.717) is 11.8 Å². The van der Waals surface area contributed by atoms with Gasteiger partial charge in [0.2, 0.25) is 5.95 Å². The first-order valence-corrected chi connectivity index (χ1v) is 11.9. The molecule has 2 aliphatic rings. The fourth-order valence-electron chi connectivity index (χ4n) is 4.50. The van der Waals surface area contributed by atoms with Gasteiger partial charge < -0.3 is 29.9 Å². The summed E-state index contributed by atoms with van der Waals surface area (Å²) in [4.78, 5) is 13.9. The molecule has 0 saturated carbocycles. The molecule has 0 unspecified atom stereocenters. The number of H-pyrrole nitrogens is 1. The quantitative estimate of drug-likeness (QED) is 0.389. The second-order valence-electron chi connectivity index (χ2n) is 8.59. The summed E-state index contributed by atoms with van der Waals surface area (Å²) >= 11 is 0. The number of nitrogens with one attached hydrogen (secondary N) is 3. The standard InChI is InChI=1S/C25H28N8O2/c1-2-18-17-27-31-24(18)22(3-1)29-23-4-5-26-25(30-23)28-19-14-20(32-6-10-34-11-7-32)16-21(15-19)33-8-12-35-13-9-33/h1-5,14-17H,6-13H2,(H,27,31)(H2,26,28,29,30). The first kappa shape index (κ1) is 21.6. The van der Waals surface area contributed by atoms with Crippen molar-refractivity contribution in [1.82, 2.24) is 20.2 Å². The molecule has 10 heteroatoms. The molecule has 2 aromatic heterocycles. The van der Waals surface area contributed by atoms with E-state index >= 15 is 0 Å². The molecule has 0 spiro atoms. The number of fused-ring (bicyclic) bond motifs is 1. The van der Waals surface area contributed by atoms with E-state index in [2.05, 4.69) is 53.8 Å². The highest BCUT2D eigenvalue weighted by Gasteiger charge is 2.17. The van der Waals surface area contributed by atoms with E-state index in [4.69, 9.17) is 14.5 Å². The van der Waals surface area contributed by atoms with Crippen LogP contribution in [0.2, 0.25) is 0 Å². The molecule has 6 rings (SSSR count). The van der Waals surface area contributed by atoms with Crippen LogP contribution >= 0.6 is 0 Å². The predicted octanol–water partition coefficient (Wildman–Crippen LogP) is 3.51. The summed E-state index contributed by atoms with van der Waals surface area (Å²) in [5.74, 6) is 1.22. The molecule has 10 nitrogen and oxygen atoms in total. The Hall–Kier alpha value is -3.89. The van der Waals surface area contributed by atoms with E-state index in [-0.39, 0.29) is 0 Å². The maximum atomic E-state index is 5.56. The number of benzene rings is 2. The number of aromatic amines is 1. The number of anilines is 6.